The lowest BCUT2D eigenvalue weighted by Crippen LogP contribution is -2.35. The van der Waals surface area contributed by atoms with Crippen LogP contribution in [0.4, 0.5) is 0 Å². The predicted molar refractivity (Wildman–Crippen MR) is 107 cm³/mol. The third-order valence-electron chi connectivity index (χ3n) is 3.95. The average Bonchev–Trinajstić information content (AvgIpc) is 2.69. The van der Waals surface area contributed by atoms with E-state index < -0.39 is 33.2 Å². The summed E-state index contributed by atoms with van der Waals surface area (Å²) in [7, 11) is -0.327. The maximum atomic E-state index is 13.2. The van der Waals surface area contributed by atoms with E-state index in [1.807, 2.05) is 0 Å². The summed E-state index contributed by atoms with van der Waals surface area (Å²) in [6.07, 6.45) is 0. The van der Waals surface area contributed by atoms with Gasteiger partial charge in [-0.25, -0.2) is 8.42 Å². The highest BCUT2D eigenvalue weighted by Gasteiger charge is 2.31. The van der Waals surface area contributed by atoms with Crippen molar-refractivity contribution in [3.8, 4) is 17.2 Å². The molecule has 0 spiro atoms. The van der Waals surface area contributed by atoms with E-state index >= 15 is 0 Å². The van der Waals surface area contributed by atoms with Gasteiger partial charge in [0.1, 0.15) is 11.4 Å². The van der Waals surface area contributed by atoms with E-state index in [1.54, 1.807) is 18.2 Å². The van der Waals surface area contributed by atoms with Crippen molar-refractivity contribution in [3.05, 3.63) is 45.9 Å². The minimum absolute atomic E-state index is 0.00973. The van der Waals surface area contributed by atoms with Crippen molar-refractivity contribution < 1.29 is 32.5 Å². The Bertz CT molecular complexity index is 1010. The van der Waals surface area contributed by atoms with Gasteiger partial charge in [0.05, 0.1) is 26.4 Å². The molecule has 0 heterocycles. The van der Waals surface area contributed by atoms with Gasteiger partial charge in [0.15, 0.2) is 17.2 Å². The first-order valence-corrected chi connectivity index (χ1v) is 10.3. The Morgan fingerprint density at radius 2 is 1.72 bits per heavy atom. The number of hydrogen-bond donors (Lipinski definition) is 1. The van der Waals surface area contributed by atoms with Crippen LogP contribution in [0.2, 0.25) is 10.0 Å². The normalized spacial score (nSPS) is 11.4. The Hall–Kier alpha value is -2.20. The Morgan fingerprint density at radius 3 is 2.31 bits per heavy atom. The van der Waals surface area contributed by atoms with Gasteiger partial charge in [0.2, 0.25) is 10.0 Å². The van der Waals surface area contributed by atoms with Crippen LogP contribution in [0.3, 0.4) is 0 Å². The lowest BCUT2D eigenvalue weighted by atomic mass is 10.2. The van der Waals surface area contributed by atoms with Crippen molar-refractivity contribution >= 4 is 39.2 Å². The van der Waals surface area contributed by atoms with Crippen molar-refractivity contribution in [1.29, 1.82) is 0 Å². The minimum atomic E-state index is -4.37. The molecular formula is C18H19Cl2NO7S. The number of hydrogen-bond acceptors (Lipinski definition) is 7. The largest absolute Gasteiger partial charge is 0.505 e. The van der Waals surface area contributed by atoms with E-state index in [2.05, 4.69) is 4.74 Å². The molecular weight excluding hydrogens is 445 g/mol. The Kier molecular flexibility index (Phi) is 7.59. The van der Waals surface area contributed by atoms with Crippen LogP contribution in [0.25, 0.3) is 0 Å². The van der Waals surface area contributed by atoms with E-state index in [0.717, 1.165) is 17.5 Å². The smallest absolute Gasteiger partial charge is 0.321 e. The number of nitrogens with zero attached hydrogens (tertiary/aromatic N) is 1. The van der Waals surface area contributed by atoms with Crippen molar-refractivity contribution in [2.75, 3.05) is 27.9 Å². The van der Waals surface area contributed by atoms with E-state index in [9.17, 15) is 18.3 Å². The van der Waals surface area contributed by atoms with E-state index in [0.29, 0.717) is 17.1 Å². The molecule has 158 valence electrons. The SMILES string of the molecule is COC(=O)CN(Cc1ccc(OC)c(OC)c1)S(=O)(=O)c1cc(Cl)cc(Cl)c1O. The summed E-state index contributed by atoms with van der Waals surface area (Å²) in [6.45, 7) is -0.821. The van der Waals surface area contributed by atoms with Crippen molar-refractivity contribution in [2.45, 2.75) is 11.4 Å². The fraction of sp³-hybridized carbons (Fsp3) is 0.278. The molecule has 2 aromatic carbocycles. The molecule has 11 heteroatoms. The summed E-state index contributed by atoms with van der Waals surface area (Å²) in [4.78, 5) is 11.3. The summed E-state index contributed by atoms with van der Waals surface area (Å²) in [5.74, 6) is -0.619. The van der Waals surface area contributed by atoms with Crippen LogP contribution < -0.4 is 9.47 Å². The zero-order valence-corrected chi connectivity index (χ0v) is 18.1. The number of phenolic OH excluding ortho intramolecular Hbond substituents is 1. The quantitative estimate of drug-likeness (QED) is 0.599. The number of benzene rings is 2. The Labute approximate surface area is 178 Å². The summed E-state index contributed by atoms with van der Waals surface area (Å²) in [6, 6.07) is 7.05. The Balaban J connectivity index is 2.52. The van der Waals surface area contributed by atoms with Gasteiger partial charge in [0.25, 0.3) is 0 Å². The maximum Gasteiger partial charge on any atom is 0.321 e. The minimum Gasteiger partial charge on any atom is -0.505 e. The molecule has 0 aliphatic rings. The number of rotatable bonds is 8. The molecule has 0 aliphatic carbocycles. The number of ether oxygens (including phenoxy) is 3. The number of phenols is 1. The van der Waals surface area contributed by atoms with Crippen LogP contribution in [0, 0.1) is 0 Å². The van der Waals surface area contributed by atoms with Crippen LogP contribution in [0.15, 0.2) is 35.2 Å². The third-order valence-corrected chi connectivity index (χ3v) is 6.26. The summed E-state index contributed by atoms with van der Waals surface area (Å²) in [5.41, 5.74) is 0.503. The van der Waals surface area contributed by atoms with Crippen molar-refractivity contribution in [2.24, 2.45) is 0 Å². The van der Waals surface area contributed by atoms with Crippen molar-refractivity contribution in [3.63, 3.8) is 0 Å². The molecule has 0 aromatic heterocycles. The monoisotopic (exact) mass is 463 g/mol. The number of halogens is 2. The van der Waals surface area contributed by atoms with Gasteiger partial charge in [-0.3, -0.25) is 4.79 Å². The van der Waals surface area contributed by atoms with Gasteiger partial charge in [-0.1, -0.05) is 29.3 Å². The molecule has 0 saturated carbocycles. The van der Waals surface area contributed by atoms with Gasteiger partial charge in [0, 0.05) is 11.6 Å². The van der Waals surface area contributed by atoms with Crippen LogP contribution in [0.1, 0.15) is 5.56 Å². The molecule has 2 aromatic rings. The van der Waals surface area contributed by atoms with Gasteiger partial charge in [-0.15, -0.1) is 0 Å². The fourth-order valence-corrected chi connectivity index (χ4v) is 4.61. The highest BCUT2D eigenvalue weighted by Crippen LogP contribution is 2.36. The summed E-state index contributed by atoms with van der Waals surface area (Å²) >= 11 is 11.8. The number of carbonyl (C=O) groups is 1. The number of aromatic hydroxyl groups is 1. The van der Waals surface area contributed by atoms with E-state index in [-0.39, 0.29) is 16.6 Å². The molecule has 0 atom stereocenters. The second kappa shape index (κ2) is 9.53. The Morgan fingerprint density at radius 1 is 1.07 bits per heavy atom. The third kappa shape index (κ3) is 5.24. The standard InChI is InChI=1S/C18H19Cl2NO7S/c1-26-14-5-4-11(6-15(14)27-2)9-21(10-17(22)28-3)29(24,25)16-8-12(19)7-13(20)18(16)23/h4-8,23H,9-10H2,1-3H3. The lowest BCUT2D eigenvalue weighted by Gasteiger charge is -2.22. The van der Waals surface area contributed by atoms with Gasteiger partial charge >= 0.3 is 5.97 Å². The first-order valence-electron chi connectivity index (χ1n) is 8.10. The van der Waals surface area contributed by atoms with E-state index in [1.165, 1.54) is 20.3 Å². The van der Waals surface area contributed by atoms with Gasteiger partial charge < -0.3 is 19.3 Å². The van der Waals surface area contributed by atoms with E-state index in [4.69, 9.17) is 32.7 Å². The molecule has 1 N–H and O–H groups in total. The molecule has 29 heavy (non-hydrogen) atoms. The number of sulfonamides is 1. The highest BCUT2D eigenvalue weighted by atomic mass is 35.5. The summed E-state index contributed by atoms with van der Waals surface area (Å²) < 4.78 is 42.2. The molecule has 0 radical (unpaired) electrons. The van der Waals surface area contributed by atoms with Crippen LogP contribution in [-0.4, -0.2) is 51.7 Å². The second-order valence-corrected chi connectivity index (χ2v) is 8.52. The molecule has 0 aliphatic heterocycles. The molecule has 0 saturated heterocycles. The van der Waals surface area contributed by atoms with Gasteiger partial charge in [-0.2, -0.15) is 4.31 Å². The van der Waals surface area contributed by atoms with Crippen LogP contribution in [-0.2, 0) is 26.1 Å². The number of carbonyl (C=O) groups excluding carboxylic acids is 1. The zero-order valence-electron chi connectivity index (χ0n) is 15.8. The maximum absolute atomic E-state index is 13.2. The predicted octanol–water partition coefficient (Wildman–Crippen LogP) is 3.08. The second-order valence-electron chi connectivity index (χ2n) is 5.77. The zero-order chi connectivity index (χ0) is 21.8. The molecule has 0 amide bonds. The first-order chi connectivity index (χ1) is 13.6. The lowest BCUT2D eigenvalue weighted by molar-refractivity contribution is -0.140. The van der Waals surface area contributed by atoms with Crippen LogP contribution in [0.5, 0.6) is 17.2 Å². The number of methoxy groups -OCH3 is 3. The molecule has 8 nitrogen and oxygen atoms in total. The van der Waals surface area contributed by atoms with Crippen molar-refractivity contribution in [1.82, 2.24) is 4.31 Å². The topological polar surface area (TPSA) is 102 Å². The van der Waals surface area contributed by atoms with Crippen LogP contribution >= 0.6 is 23.2 Å². The van der Waals surface area contributed by atoms with Gasteiger partial charge in [-0.05, 0) is 29.8 Å². The fourth-order valence-electron chi connectivity index (χ4n) is 2.50. The summed E-state index contributed by atoms with van der Waals surface area (Å²) in [5, 5.41) is 9.94. The molecule has 0 fully saturated rings. The average molecular weight is 464 g/mol. The highest BCUT2D eigenvalue weighted by molar-refractivity contribution is 7.89. The first kappa shape index (κ1) is 23.1. The number of esters is 1. The molecule has 0 bridgehead atoms. The molecule has 2 rings (SSSR count). The molecule has 0 unspecified atom stereocenters.